The van der Waals surface area contributed by atoms with Crippen LogP contribution in [0.25, 0.3) is 5.57 Å². The molecule has 0 saturated heterocycles. The molecule has 0 saturated carbocycles. The Labute approximate surface area is 90.0 Å². The molecule has 0 unspecified atom stereocenters. The average Bonchev–Trinajstić information content (AvgIpc) is 2.50. The van der Waals surface area contributed by atoms with Gasteiger partial charge in [-0.1, -0.05) is 6.07 Å². The number of carbonyl (C=O) groups excluding carboxylic acids is 2. The van der Waals surface area contributed by atoms with Gasteiger partial charge in [-0.25, -0.2) is 8.78 Å². The molecule has 0 aliphatic carbocycles. The van der Waals surface area contributed by atoms with Crippen LogP contribution in [0.4, 0.5) is 8.78 Å². The maximum absolute atomic E-state index is 12.9. The van der Waals surface area contributed by atoms with Crippen molar-refractivity contribution in [1.82, 2.24) is 4.90 Å². The Kier molecular flexibility index (Phi) is 2.30. The van der Waals surface area contributed by atoms with Crippen LogP contribution in [-0.2, 0) is 9.59 Å². The van der Waals surface area contributed by atoms with Crippen molar-refractivity contribution in [2.24, 2.45) is 0 Å². The molecular weight excluding hydrogens is 216 g/mol. The van der Waals surface area contributed by atoms with Crippen molar-refractivity contribution >= 4 is 17.4 Å². The van der Waals surface area contributed by atoms with Crippen LogP contribution in [0.1, 0.15) is 5.56 Å². The van der Waals surface area contributed by atoms with E-state index in [0.717, 1.165) is 23.1 Å². The van der Waals surface area contributed by atoms with E-state index in [1.165, 1.54) is 13.1 Å². The zero-order valence-electron chi connectivity index (χ0n) is 8.33. The van der Waals surface area contributed by atoms with E-state index in [1.807, 2.05) is 0 Å². The van der Waals surface area contributed by atoms with Gasteiger partial charge in [0.25, 0.3) is 11.8 Å². The number of halogens is 2. The molecule has 0 aromatic heterocycles. The first-order chi connectivity index (χ1) is 7.50. The first-order valence-corrected chi connectivity index (χ1v) is 4.50. The van der Waals surface area contributed by atoms with Gasteiger partial charge in [0.1, 0.15) is 0 Å². The average molecular weight is 223 g/mol. The largest absolute Gasteiger partial charge is 0.278 e. The molecule has 1 aliphatic rings. The Bertz CT molecular complexity index is 523. The van der Waals surface area contributed by atoms with Gasteiger partial charge in [-0.05, 0) is 17.7 Å². The first-order valence-electron chi connectivity index (χ1n) is 4.50. The van der Waals surface area contributed by atoms with E-state index in [-0.39, 0.29) is 11.1 Å². The molecule has 1 heterocycles. The molecule has 5 heteroatoms. The number of amides is 2. The van der Waals surface area contributed by atoms with Gasteiger partial charge in [0.15, 0.2) is 11.6 Å². The summed E-state index contributed by atoms with van der Waals surface area (Å²) in [6.45, 7) is 0. The van der Waals surface area contributed by atoms with E-state index in [1.54, 1.807) is 0 Å². The van der Waals surface area contributed by atoms with Crippen molar-refractivity contribution < 1.29 is 18.4 Å². The molecule has 1 aliphatic heterocycles. The van der Waals surface area contributed by atoms with Gasteiger partial charge < -0.3 is 0 Å². The summed E-state index contributed by atoms with van der Waals surface area (Å²) in [6.07, 6.45) is 1.11. The van der Waals surface area contributed by atoms with Crippen LogP contribution >= 0.6 is 0 Å². The van der Waals surface area contributed by atoms with E-state index >= 15 is 0 Å². The molecule has 1 aromatic carbocycles. The summed E-state index contributed by atoms with van der Waals surface area (Å²) in [5.41, 5.74) is 0.271. The van der Waals surface area contributed by atoms with Crippen molar-refractivity contribution in [2.75, 3.05) is 7.05 Å². The third kappa shape index (κ3) is 1.50. The van der Waals surface area contributed by atoms with Crippen molar-refractivity contribution in [3.63, 3.8) is 0 Å². The fourth-order valence-electron chi connectivity index (χ4n) is 1.43. The molecule has 2 amide bonds. The summed E-state index contributed by atoms with van der Waals surface area (Å²) >= 11 is 0. The maximum atomic E-state index is 12.9. The van der Waals surface area contributed by atoms with Gasteiger partial charge in [-0.15, -0.1) is 0 Å². The number of carbonyl (C=O) groups is 2. The van der Waals surface area contributed by atoms with Gasteiger partial charge in [0, 0.05) is 13.1 Å². The second-order valence-corrected chi connectivity index (χ2v) is 3.39. The summed E-state index contributed by atoms with van der Waals surface area (Å²) in [6, 6.07) is 3.07. The third-order valence-corrected chi connectivity index (χ3v) is 2.36. The Balaban J connectivity index is 2.46. The van der Waals surface area contributed by atoms with Crippen molar-refractivity contribution in [1.29, 1.82) is 0 Å². The predicted octanol–water partition coefficient (Wildman–Crippen LogP) is 1.35. The van der Waals surface area contributed by atoms with Crippen LogP contribution in [0.15, 0.2) is 24.3 Å². The van der Waals surface area contributed by atoms with E-state index in [4.69, 9.17) is 0 Å². The predicted molar refractivity (Wildman–Crippen MR) is 52.1 cm³/mol. The Morgan fingerprint density at radius 2 is 1.81 bits per heavy atom. The minimum atomic E-state index is -1.05. The summed E-state index contributed by atoms with van der Waals surface area (Å²) < 4.78 is 25.6. The number of benzene rings is 1. The molecule has 3 nitrogen and oxygen atoms in total. The highest BCUT2D eigenvalue weighted by atomic mass is 19.2. The van der Waals surface area contributed by atoms with Crippen LogP contribution in [0, 0.1) is 11.6 Å². The lowest BCUT2D eigenvalue weighted by molar-refractivity contribution is -0.134. The van der Waals surface area contributed by atoms with E-state index < -0.39 is 23.4 Å². The van der Waals surface area contributed by atoms with Crippen LogP contribution in [0.3, 0.4) is 0 Å². The smallest absolute Gasteiger partial charge is 0.261 e. The monoisotopic (exact) mass is 223 g/mol. The molecule has 82 valence electrons. The van der Waals surface area contributed by atoms with Gasteiger partial charge in [0.05, 0.1) is 5.57 Å². The molecule has 0 spiro atoms. The SMILES string of the molecule is CN1C(=O)C=C(c2ccc(F)c(F)c2)C1=O. The van der Waals surface area contributed by atoms with E-state index in [2.05, 4.69) is 0 Å². The minimum Gasteiger partial charge on any atom is -0.278 e. The highest BCUT2D eigenvalue weighted by Gasteiger charge is 2.28. The van der Waals surface area contributed by atoms with Gasteiger partial charge in [-0.3, -0.25) is 14.5 Å². The van der Waals surface area contributed by atoms with Gasteiger partial charge in [0.2, 0.25) is 0 Å². The van der Waals surface area contributed by atoms with Crippen LogP contribution in [0.2, 0.25) is 0 Å². The number of nitrogens with zero attached hydrogens (tertiary/aromatic N) is 1. The van der Waals surface area contributed by atoms with Crippen molar-refractivity contribution in [3.8, 4) is 0 Å². The fraction of sp³-hybridized carbons (Fsp3) is 0.0909. The summed E-state index contributed by atoms with van der Waals surface area (Å²) in [5, 5.41) is 0. The van der Waals surface area contributed by atoms with Crippen LogP contribution < -0.4 is 0 Å². The topological polar surface area (TPSA) is 37.4 Å². The second-order valence-electron chi connectivity index (χ2n) is 3.39. The molecule has 1 aromatic rings. The number of rotatable bonds is 1. The molecule has 0 fully saturated rings. The van der Waals surface area contributed by atoms with E-state index in [0.29, 0.717) is 0 Å². The Hall–Kier alpha value is -2.04. The lowest BCUT2D eigenvalue weighted by atomic mass is 10.1. The zero-order valence-corrected chi connectivity index (χ0v) is 8.33. The number of hydrogen-bond donors (Lipinski definition) is 0. The minimum absolute atomic E-state index is 0.0754. The Morgan fingerprint density at radius 1 is 1.12 bits per heavy atom. The van der Waals surface area contributed by atoms with Gasteiger partial charge in [-0.2, -0.15) is 0 Å². The zero-order chi connectivity index (χ0) is 11.9. The molecule has 0 radical (unpaired) electrons. The summed E-state index contributed by atoms with van der Waals surface area (Å²) in [7, 11) is 1.33. The molecule has 16 heavy (non-hydrogen) atoms. The lowest BCUT2D eigenvalue weighted by Gasteiger charge is -2.06. The van der Waals surface area contributed by atoms with Crippen LogP contribution in [0.5, 0.6) is 0 Å². The summed E-state index contributed by atoms with van der Waals surface area (Å²) in [5.74, 6) is -3.02. The van der Waals surface area contributed by atoms with E-state index in [9.17, 15) is 18.4 Å². The van der Waals surface area contributed by atoms with Crippen molar-refractivity contribution in [2.45, 2.75) is 0 Å². The number of hydrogen-bond acceptors (Lipinski definition) is 2. The van der Waals surface area contributed by atoms with Gasteiger partial charge >= 0.3 is 0 Å². The number of likely N-dealkylation sites (N-methyl/N-ethyl adjacent to an activating group) is 1. The molecule has 0 N–H and O–H groups in total. The molecule has 0 atom stereocenters. The highest BCUT2D eigenvalue weighted by Crippen LogP contribution is 2.23. The quantitative estimate of drug-likeness (QED) is 0.674. The summed E-state index contributed by atoms with van der Waals surface area (Å²) in [4.78, 5) is 23.6. The Morgan fingerprint density at radius 3 is 2.31 bits per heavy atom. The number of imide groups is 1. The van der Waals surface area contributed by atoms with Crippen LogP contribution in [-0.4, -0.2) is 23.8 Å². The normalized spacial score (nSPS) is 15.7. The standard InChI is InChI=1S/C11H7F2NO2/c1-14-10(15)5-7(11(14)16)6-2-3-8(12)9(13)4-6/h2-5H,1H3. The molecular formula is C11H7F2NO2. The third-order valence-electron chi connectivity index (χ3n) is 2.36. The lowest BCUT2D eigenvalue weighted by Crippen LogP contribution is -2.25. The molecule has 0 bridgehead atoms. The first kappa shape index (κ1) is 10.5. The maximum Gasteiger partial charge on any atom is 0.261 e. The molecule has 2 rings (SSSR count). The van der Waals surface area contributed by atoms with Crippen molar-refractivity contribution in [3.05, 3.63) is 41.5 Å². The second kappa shape index (κ2) is 3.52. The fourth-order valence-corrected chi connectivity index (χ4v) is 1.43. The highest BCUT2D eigenvalue weighted by molar-refractivity contribution is 6.33.